The first kappa shape index (κ1) is 11.0. The van der Waals surface area contributed by atoms with Crippen molar-refractivity contribution in [2.24, 2.45) is 0 Å². The van der Waals surface area contributed by atoms with Gasteiger partial charge < -0.3 is 5.32 Å². The van der Waals surface area contributed by atoms with Crippen LogP contribution in [-0.4, -0.2) is 6.54 Å². The monoisotopic (exact) mass is 199 g/mol. The molecule has 0 aliphatic heterocycles. The number of rotatable bonds is 5. The third-order valence-corrected chi connectivity index (χ3v) is 2.03. The number of hydrogen-bond donors (Lipinski definition) is 1. The maximum absolute atomic E-state index is 13.1. The molecule has 1 rings (SSSR count). The summed E-state index contributed by atoms with van der Waals surface area (Å²) < 4.78 is 25.6. The SMILES string of the molecule is CCCCCNc1ccc(F)cc1F. The molecule has 1 aromatic rings. The zero-order valence-corrected chi connectivity index (χ0v) is 8.32. The largest absolute Gasteiger partial charge is 0.383 e. The fourth-order valence-electron chi connectivity index (χ4n) is 1.23. The van der Waals surface area contributed by atoms with Crippen LogP contribution in [0.15, 0.2) is 18.2 Å². The van der Waals surface area contributed by atoms with E-state index in [0.717, 1.165) is 31.9 Å². The first-order chi connectivity index (χ1) is 6.74. The van der Waals surface area contributed by atoms with Gasteiger partial charge in [-0.05, 0) is 18.6 Å². The summed E-state index contributed by atoms with van der Waals surface area (Å²) >= 11 is 0. The van der Waals surface area contributed by atoms with Gasteiger partial charge in [-0.3, -0.25) is 0 Å². The Morgan fingerprint density at radius 3 is 2.64 bits per heavy atom. The summed E-state index contributed by atoms with van der Waals surface area (Å²) in [6.07, 6.45) is 3.26. The second-order valence-electron chi connectivity index (χ2n) is 3.26. The molecule has 0 saturated heterocycles. The fraction of sp³-hybridized carbons (Fsp3) is 0.455. The van der Waals surface area contributed by atoms with Crippen LogP contribution in [0.3, 0.4) is 0 Å². The maximum Gasteiger partial charge on any atom is 0.149 e. The third-order valence-electron chi connectivity index (χ3n) is 2.03. The summed E-state index contributed by atoms with van der Waals surface area (Å²) in [5.74, 6) is -1.07. The molecule has 0 spiro atoms. The first-order valence-electron chi connectivity index (χ1n) is 4.93. The molecule has 1 aromatic carbocycles. The lowest BCUT2D eigenvalue weighted by atomic mass is 10.2. The highest BCUT2D eigenvalue weighted by Gasteiger charge is 2.01. The number of anilines is 1. The molecule has 0 saturated carbocycles. The Balaban J connectivity index is 2.42. The smallest absolute Gasteiger partial charge is 0.149 e. The Morgan fingerprint density at radius 1 is 1.21 bits per heavy atom. The fourth-order valence-corrected chi connectivity index (χ4v) is 1.23. The van der Waals surface area contributed by atoms with Gasteiger partial charge in [-0.1, -0.05) is 19.8 Å². The zero-order valence-electron chi connectivity index (χ0n) is 8.32. The van der Waals surface area contributed by atoms with Crippen LogP contribution >= 0.6 is 0 Å². The van der Waals surface area contributed by atoms with E-state index in [1.165, 1.54) is 12.1 Å². The molecule has 78 valence electrons. The zero-order chi connectivity index (χ0) is 10.4. The van der Waals surface area contributed by atoms with Crippen LogP contribution in [0.5, 0.6) is 0 Å². The van der Waals surface area contributed by atoms with Gasteiger partial charge in [0.15, 0.2) is 0 Å². The average Bonchev–Trinajstić information content (AvgIpc) is 2.15. The minimum Gasteiger partial charge on any atom is -0.383 e. The summed E-state index contributed by atoms with van der Waals surface area (Å²) in [6, 6.07) is 3.57. The molecule has 1 nitrogen and oxygen atoms in total. The number of nitrogens with one attached hydrogen (secondary N) is 1. The van der Waals surface area contributed by atoms with Gasteiger partial charge in [0.1, 0.15) is 11.6 Å². The summed E-state index contributed by atoms with van der Waals surface area (Å²) in [7, 11) is 0. The van der Waals surface area contributed by atoms with Crippen molar-refractivity contribution < 1.29 is 8.78 Å². The topological polar surface area (TPSA) is 12.0 Å². The predicted molar refractivity (Wildman–Crippen MR) is 54.4 cm³/mol. The van der Waals surface area contributed by atoms with E-state index >= 15 is 0 Å². The van der Waals surface area contributed by atoms with Crippen molar-refractivity contribution in [3.8, 4) is 0 Å². The Kier molecular flexibility index (Phi) is 4.36. The molecule has 0 fully saturated rings. The minimum atomic E-state index is -0.540. The lowest BCUT2D eigenvalue weighted by Gasteiger charge is -2.06. The van der Waals surface area contributed by atoms with E-state index in [2.05, 4.69) is 12.2 Å². The van der Waals surface area contributed by atoms with Crippen molar-refractivity contribution in [2.75, 3.05) is 11.9 Å². The molecule has 1 N–H and O–H groups in total. The number of benzene rings is 1. The van der Waals surface area contributed by atoms with Gasteiger partial charge in [-0.25, -0.2) is 8.78 Å². The van der Waals surface area contributed by atoms with E-state index in [-0.39, 0.29) is 0 Å². The summed E-state index contributed by atoms with van der Waals surface area (Å²) in [4.78, 5) is 0. The molecule has 3 heteroatoms. The van der Waals surface area contributed by atoms with Crippen molar-refractivity contribution in [3.63, 3.8) is 0 Å². The number of hydrogen-bond acceptors (Lipinski definition) is 1. The van der Waals surface area contributed by atoms with Crippen LogP contribution in [0.1, 0.15) is 26.2 Å². The molecule has 0 amide bonds. The van der Waals surface area contributed by atoms with E-state index in [9.17, 15) is 8.78 Å². The van der Waals surface area contributed by atoms with Gasteiger partial charge in [0.05, 0.1) is 5.69 Å². The van der Waals surface area contributed by atoms with Crippen molar-refractivity contribution in [2.45, 2.75) is 26.2 Å². The molecular formula is C11H15F2N. The molecule has 0 radical (unpaired) electrons. The number of halogens is 2. The van der Waals surface area contributed by atoms with Crippen molar-refractivity contribution in [3.05, 3.63) is 29.8 Å². The van der Waals surface area contributed by atoms with E-state index in [0.29, 0.717) is 5.69 Å². The second kappa shape index (κ2) is 5.58. The average molecular weight is 199 g/mol. The van der Waals surface area contributed by atoms with Crippen LogP contribution in [0.4, 0.5) is 14.5 Å². The minimum absolute atomic E-state index is 0.377. The van der Waals surface area contributed by atoms with Crippen LogP contribution < -0.4 is 5.32 Å². The van der Waals surface area contributed by atoms with Gasteiger partial charge in [-0.2, -0.15) is 0 Å². The lowest BCUT2D eigenvalue weighted by Crippen LogP contribution is -2.03. The lowest BCUT2D eigenvalue weighted by molar-refractivity contribution is 0.584. The molecular weight excluding hydrogens is 184 g/mol. The van der Waals surface area contributed by atoms with Crippen LogP contribution in [0, 0.1) is 11.6 Å². The van der Waals surface area contributed by atoms with Crippen molar-refractivity contribution >= 4 is 5.69 Å². The van der Waals surface area contributed by atoms with E-state index in [1.807, 2.05) is 0 Å². The molecule has 0 aliphatic carbocycles. The summed E-state index contributed by atoms with van der Waals surface area (Å²) in [6.45, 7) is 2.84. The van der Waals surface area contributed by atoms with Crippen molar-refractivity contribution in [1.29, 1.82) is 0 Å². The third kappa shape index (κ3) is 3.32. The highest BCUT2D eigenvalue weighted by molar-refractivity contribution is 5.44. The Morgan fingerprint density at radius 2 is 2.00 bits per heavy atom. The van der Waals surface area contributed by atoms with Crippen LogP contribution in [0.25, 0.3) is 0 Å². The summed E-state index contributed by atoms with van der Waals surface area (Å²) in [5, 5.41) is 2.93. The van der Waals surface area contributed by atoms with Crippen LogP contribution in [0.2, 0.25) is 0 Å². The first-order valence-corrected chi connectivity index (χ1v) is 4.93. The molecule has 0 atom stereocenters. The van der Waals surface area contributed by atoms with Gasteiger partial charge in [-0.15, -0.1) is 0 Å². The normalized spacial score (nSPS) is 10.2. The highest BCUT2D eigenvalue weighted by Crippen LogP contribution is 2.14. The molecule has 0 heterocycles. The van der Waals surface area contributed by atoms with Gasteiger partial charge in [0.2, 0.25) is 0 Å². The Bertz CT molecular complexity index is 287. The van der Waals surface area contributed by atoms with E-state index < -0.39 is 11.6 Å². The molecule has 0 unspecified atom stereocenters. The molecule has 14 heavy (non-hydrogen) atoms. The predicted octanol–water partition coefficient (Wildman–Crippen LogP) is 3.57. The number of unbranched alkanes of at least 4 members (excludes halogenated alkanes) is 2. The summed E-state index contributed by atoms with van der Waals surface area (Å²) in [5.41, 5.74) is 0.377. The molecule has 0 aliphatic rings. The van der Waals surface area contributed by atoms with E-state index in [4.69, 9.17) is 0 Å². The molecule has 0 bridgehead atoms. The maximum atomic E-state index is 13.1. The van der Waals surface area contributed by atoms with Crippen molar-refractivity contribution in [1.82, 2.24) is 0 Å². The Labute approximate surface area is 83.1 Å². The highest BCUT2D eigenvalue weighted by atomic mass is 19.1. The van der Waals surface area contributed by atoms with Gasteiger partial charge >= 0.3 is 0 Å². The van der Waals surface area contributed by atoms with Gasteiger partial charge in [0.25, 0.3) is 0 Å². The standard InChI is InChI=1S/C11H15F2N/c1-2-3-4-7-14-11-6-5-9(12)8-10(11)13/h5-6,8,14H,2-4,7H2,1H3. The van der Waals surface area contributed by atoms with Crippen LogP contribution in [-0.2, 0) is 0 Å². The van der Waals surface area contributed by atoms with Gasteiger partial charge in [0, 0.05) is 12.6 Å². The second-order valence-corrected chi connectivity index (χ2v) is 3.26. The van der Waals surface area contributed by atoms with E-state index in [1.54, 1.807) is 0 Å². The quantitative estimate of drug-likeness (QED) is 0.715. The molecule has 0 aromatic heterocycles. The Hall–Kier alpha value is -1.12.